The Morgan fingerprint density at radius 3 is 2.21 bits per heavy atom. The molecule has 28 heavy (non-hydrogen) atoms. The molecule has 0 unspecified atom stereocenters. The predicted octanol–water partition coefficient (Wildman–Crippen LogP) is 4.75. The van der Waals surface area contributed by atoms with E-state index < -0.39 is 15.7 Å². The zero-order valence-corrected chi connectivity index (χ0v) is 17.6. The largest absolute Gasteiger partial charge is 0.423 e. The van der Waals surface area contributed by atoms with Crippen LogP contribution in [0, 0.1) is 27.7 Å². The molecule has 0 N–H and O–H groups in total. The fourth-order valence-electron chi connectivity index (χ4n) is 3.46. The van der Waals surface area contributed by atoms with Crippen LogP contribution in [0.5, 0.6) is 5.75 Å². The van der Waals surface area contributed by atoms with E-state index in [0.29, 0.717) is 16.7 Å². The van der Waals surface area contributed by atoms with Crippen molar-refractivity contribution in [3.63, 3.8) is 0 Å². The van der Waals surface area contributed by atoms with Gasteiger partial charge in [-0.1, -0.05) is 19.4 Å². The molecule has 0 aliphatic carbocycles. The first-order chi connectivity index (χ1) is 13.1. The molecule has 3 rings (SSSR count). The summed E-state index contributed by atoms with van der Waals surface area (Å²) in [6, 6.07) is 8.22. The molecule has 0 radical (unpaired) electrons. The molecule has 0 atom stereocenters. The molecule has 0 amide bonds. The molecule has 5 nitrogen and oxygen atoms in total. The number of rotatable bonds is 5. The Hall–Kier alpha value is -2.60. The summed E-state index contributed by atoms with van der Waals surface area (Å²) in [6.45, 7) is 9.32. The maximum absolute atomic E-state index is 13.0. The quantitative estimate of drug-likeness (QED) is 0.456. The van der Waals surface area contributed by atoms with E-state index in [1.807, 2.05) is 26.8 Å². The van der Waals surface area contributed by atoms with Crippen molar-refractivity contribution >= 4 is 21.1 Å². The lowest BCUT2D eigenvalue weighted by Gasteiger charge is -2.16. The number of hydrogen-bond acceptors (Lipinski definition) is 5. The van der Waals surface area contributed by atoms with Gasteiger partial charge in [-0.25, -0.2) is 4.79 Å². The third-order valence-corrected chi connectivity index (χ3v) is 6.60. The lowest BCUT2D eigenvalue weighted by molar-refractivity contribution is 0.483. The van der Waals surface area contributed by atoms with Gasteiger partial charge in [0.15, 0.2) is 0 Å². The van der Waals surface area contributed by atoms with E-state index in [9.17, 15) is 13.2 Å². The Bertz CT molecular complexity index is 1190. The summed E-state index contributed by atoms with van der Waals surface area (Å²) in [5.74, 6) is 0.113. The van der Waals surface area contributed by atoms with Gasteiger partial charge in [0.2, 0.25) is 0 Å². The Labute approximate surface area is 165 Å². The maximum Gasteiger partial charge on any atom is 0.339 e. The summed E-state index contributed by atoms with van der Waals surface area (Å²) in [7, 11) is -4.04. The topological polar surface area (TPSA) is 73.6 Å². The lowest BCUT2D eigenvalue weighted by atomic mass is 10.0. The molecular weight excluding hydrogens is 376 g/mol. The summed E-state index contributed by atoms with van der Waals surface area (Å²) < 4.78 is 36.7. The number of fused-ring (bicyclic) bond motifs is 1. The summed E-state index contributed by atoms with van der Waals surface area (Å²) >= 11 is 0. The fourth-order valence-corrected chi connectivity index (χ4v) is 4.97. The summed E-state index contributed by atoms with van der Waals surface area (Å²) in [5, 5.41) is 0.782. The van der Waals surface area contributed by atoms with Crippen molar-refractivity contribution in [2.75, 3.05) is 0 Å². The zero-order chi connectivity index (χ0) is 20.6. The predicted molar refractivity (Wildman–Crippen MR) is 110 cm³/mol. The van der Waals surface area contributed by atoms with Crippen LogP contribution in [-0.4, -0.2) is 8.42 Å². The van der Waals surface area contributed by atoms with E-state index in [4.69, 9.17) is 8.60 Å². The average molecular weight is 400 g/mol. The van der Waals surface area contributed by atoms with Crippen molar-refractivity contribution in [1.29, 1.82) is 0 Å². The van der Waals surface area contributed by atoms with Crippen molar-refractivity contribution < 1.29 is 17.0 Å². The van der Waals surface area contributed by atoms with Crippen LogP contribution in [0.2, 0.25) is 0 Å². The molecule has 0 spiro atoms. The first kappa shape index (κ1) is 20.1. The first-order valence-electron chi connectivity index (χ1n) is 9.22. The van der Waals surface area contributed by atoms with E-state index in [0.717, 1.165) is 34.9 Å². The molecule has 2 aromatic carbocycles. The molecule has 0 aliphatic rings. The molecule has 3 aromatic rings. The van der Waals surface area contributed by atoms with Gasteiger partial charge in [0, 0.05) is 17.5 Å². The van der Waals surface area contributed by atoms with E-state index in [-0.39, 0.29) is 10.6 Å². The molecule has 1 heterocycles. The van der Waals surface area contributed by atoms with Gasteiger partial charge in [-0.05, 0) is 74.1 Å². The normalized spacial score (nSPS) is 11.8. The van der Waals surface area contributed by atoms with Crippen LogP contribution in [-0.2, 0) is 16.5 Å². The molecule has 0 fully saturated rings. The van der Waals surface area contributed by atoms with Crippen LogP contribution in [0.4, 0.5) is 0 Å². The summed E-state index contributed by atoms with van der Waals surface area (Å²) in [4.78, 5) is 12.0. The Kier molecular flexibility index (Phi) is 5.35. The second-order valence-corrected chi connectivity index (χ2v) is 8.61. The first-order valence-corrected chi connectivity index (χ1v) is 10.6. The van der Waals surface area contributed by atoms with Gasteiger partial charge in [0.05, 0.1) is 0 Å². The SMILES string of the molecule is CCCc1cc(=O)oc2cc(OS(=O)(=O)c3c(C)c(C)cc(C)c3C)ccc12. The third kappa shape index (κ3) is 3.69. The maximum atomic E-state index is 13.0. The van der Waals surface area contributed by atoms with E-state index in [1.54, 1.807) is 26.0 Å². The standard InChI is InChI=1S/C22H24O5S/c1-6-7-17-11-21(23)26-20-12-18(8-9-19(17)20)27-28(24,25)22-15(4)13(2)10-14(3)16(22)5/h8-12H,6-7H2,1-5H3. The lowest BCUT2D eigenvalue weighted by Crippen LogP contribution is -2.14. The summed E-state index contributed by atoms with van der Waals surface area (Å²) in [6.07, 6.45) is 1.62. The van der Waals surface area contributed by atoms with Gasteiger partial charge >= 0.3 is 15.7 Å². The second-order valence-electron chi connectivity index (χ2n) is 7.13. The smallest absolute Gasteiger partial charge is 0.339 e. The molecule has 148 valence electrons. The number of aryl methyl sites for hydroxylation is 3. The second kappa shape index (κ2) is 7.43. The number of hydrogen-bond donors (Lipinski definition) is 0. The molecule has 1 aromatic heterocycles. The van der Waals surface area contributed by atoms with Gasteiger partial charge in [0.25, 0.3) is 0 Å². The van der Waals surface area contributed by atoms with Crippen LogP contribution in [0.3, 0.4) is 0 Å². The van der Waals surface area contributed by atoms with Gasteiger partial charge in [-0.3, -0.25) is 0 Å². The van der Waals surface area contributed by atoms with Crippen molar-refractivity contribution in [3.05, 3.63) is 68.6 Å². The molecule has 0 aliphatic heterocycles. The van der Waals surface area contributed by atoms with E-state index >= 15 is 0 Å². The zero-order valence-electron chi connectivity index (χ0n) is 16.8. The van der Waals surface area contributed by atoms with Crippen LogP contribution in [0.25, 0.3) is 11.0 Å². The average Bonchev–Trinajstić information content (AvgIpc) is 2.59. The van der Waals surface area contributed by atoms with E-state index in [1.165, 1.54) is 12.1 Å². The van der Waals surface area contributed by atoms with Crippen LogP contribution < -0.4 is 9.81 Å². The van der Waals surface area contributed by atoms with Gasteiger partial charge in [-0.15, -0.1) is 0 Å². The summed E-state index contributed by atoms with van der Waals surface area (Å²) in [5.41, 5.74) is 3.85. The van der Waals surface area contributed by atoms with Gasteiger partial charge < -0.3 is 8.60 Å². The Balaban J connectivity index is 2.09. The highest BCUT2D eigenvalue weighted by Gasteiger charge is 2.24. The van der Waals surface area contributed by atoms with E-state index in [2.05, 4.69) is 0 Å². The molecule has 0 saturated carbocycles. The minimum absolute atomic E-state index is 0.113. The monoisotopic (exact) mass is 400 g/mol. The third-order valence-electron chi connectivity index (χ3n) is 5.07. The highest BCUT2D eigenvalue weighted by atomic mass is 32.2. The highest BCUT2D eigenvalue weighted by molar-refractivity contribution is 7.87. The van der Waals surface area contributed by atoms with Crippen molar-refractivity contribution in [3.8, 4) is 5.75 Å². The van der Waals surface area contributed by atoms with Gasteiger partial charge in [0.1, 0.15) is 16.2 Å². The fraction of sp³-hybridized carbons (Fsp3) is 0.318. The Morgan fingerprint density at radius 2 is 1.61 bits per heavy atom. The molecular formula is C22H24O5S. The van der Waals surface area contributed by atoms with Gasteiger partial charge in [-0.2, -0.15) is 8.42 Å². The molecule has 0 bridgehead atoms. The minimum Gasteiger partial charge on any atom is -0.423 e. The van der Waals surface area contributed by atoms with Crippen LogP contribution in [0.1, 0.15) is 41.2 Å². The van der Waals surface area contributed by atoms with Crippen molar-refractivity contribution in [1.82, 2.24) is 0 Å². The van der Waals surface area contributed by atoms with Crippen molar-refractivity contribution in [2.24, 2.45) is 0 Å². The molecule has 6 heteroatoms. The van der Waals surface area contributed by atoms with Crippen LogP contribution in [0.15, 0.2) is 44.4 Å². The highest BCUT2D eigenvalue weighted by Crippen LogP contribution is 2.30. The van der Waals surface area contributed by atoms with Crippen molar-refractivity contribution in [2.45, 2.75) is 52.4 Å². The minimum atomic E-state index is -4.04. The number of benzene rings is 2. The van der Waals surface area contributed by atoms with Crippen LogP contribution >= 0.6 is 0 Å². The molecule has 0 saturated heterocycles. The Morgan fingerprint density at radius 1 is 0.964 bits per heavy atom.